The van der Waals surface area contributed by atoms with Crippen LogP contribution in [0.25, 0.3) is 21.8 Å². The molecule has 5 aromatic rings. The molecule has 0 saturated carbocycles. The van der Waals surface area contributed by atoms with Gasteiger partial charge in [0.1, 0.15) is 11.5 Å². The summed E-state index contributed by atoms with van der Waals surface area (Å²) in [7, 11) is 0. The Hall–Kier alpha value is -4.91. The molecule has 0 aliphatic rings. The van der Waals surface area contributed by atoms with Crippen LogP contribution in [-0.4, -0.2) is 16.8 Å². The minimum absolute atomic E-state index is 0.124. The van der Waals surface area contributed by atoms with Gasteiger partial charge in [0, 0.05) is 38.6 Å². The molecule has 7 heteroatoms. The highest BCUT2D eigenvalue weighted by Crippen LogP contribution is 2.24. The van der Waals surface area contributed by atoms with E-state index >= 15 is 0 Å². The van der Waals surface area contributed by atoms with Gasteiger partial charge in [-0.05, 0) is 72.8 Å². The highest BCUT2D eigenvalue weighted by atomic mass is 16.5. The summed E-state index contributed by atoms with van der Waals surface area (Å²) >= 11 is 0. The first-order valence-corrected chi connectivity index (χ1v) is 10.5. The Balaban J connectivity index is 1.34. The van der Waals surface area contributed by atoms with E-state index in [9.17, 15) is 14.4 Å². The second-order valence-corrected chi connectivity index (χ2v) is 7.73. The van der Waals surface area contributed by atoms with Crippen LogP contribution in [0.15, 0.2) is 95.8 Å². The number of nitrogens with one attached hydrogen (secondary N) is 2. The highest BCUT2D eigenvalue weighted by Gasteiger charge is 2.11. The lowest BCUT2D eigenvalue weighted by molar-refractivity contribution is 0.0997. The fourth-order valence-corrected chi connectivity index (χ4v) is 3.72. The molecule has 34 heavy (non-hydrogen) atoms. The van der Waals surface area contributed by atoms with Gasteiger partial charge in [0.2, 0.25) is 5.91 Å². The van der Waals surface area contributed by atoms with Crippen molar-refractivity contribution in [3.63, 3.8) is 0 Å². The normalized spacial score (nSPS) is 10.8. The van der Waals surface area contributed by atoms with Crippen molar-refractivity contribution in [3.05, 3.63) is 112 Å². The van der Waals surface area contributed by atoms with Crippen LogP contribution in [0.2, 0.25) is 0 Å². The number of primary amides is 1. The van der Waals surface area contributed by atoms with E-state index in [1.54, 1.807) is 72.8 Å². The van der Waals surface area contributed by atoms with Crippen LogP contribution >= 0.6 is 0 Å². The van der Waals surface area contributed by atoms with Gasteiger partial charge in [-0.3, -0.25) is 14.4 Å². The van der Waals surface area contributed by atoms with Crippen LogP contribution in [0.5, 0.6) is 11.5 Å². The summed E-state index contributed by atoms with van der Waals surface area (Å²) in [4.78, 5) is 40.2. The second kappa shape index (κ2) is 8.55. The summed E-state index contributed by atoms with van der Waals surface area (Å²) in [6.07, 6.45) is 0. The van der Waals surface area contributed by atoms with Crippen molar-refractivity contribution < 1.29 is 14.3 Å². The van der Waals surface area contributed by atoms with E-state index in [1.165, 1.54) is 0 Å². The molecule has 7 nitrogen and oxygen atoms in total. The van der Waals surface area contributed by atoms with E-state index in [-0.39, 0.29) is 11.3 Å². The largest absolute Gasteiger partial charge is 0.457 e. The average Bonchev–Trinajstić information content (AvgIpc) is 2.85. The van der Waals surface area contributed by atoms with E-state index in [4.69, 9.17) is 10.5 Å². The number of benzene rings is 4. The van der Waals surface area contributed by atoms with Gasteiger partial charge in [-0.1, -0.05) is 18.2 Å². The number of fused-ring (bicyclic) bond motifs is 2. The maximum Gasteiger partial charge on any atom is 0.255 e. The first kappa shape index (κ1) is 21.0. The number of para-hydroxylation sites is 1. The van der Waals surface area contributed by atoms with Gasteiger partial charge in [-0.25, -0.2) is 0 Å². The van der Waals surface area contributed by atoms with Crippen molar-refractivity contribution in [2.24, 2.45) is 5.73 Å². The van der Waals surface area contributed by atoms with E-state index in [0.717, 1.165) is 5.52 Å². The third kappa shape index (κ3) is 4.10. The molecule has 166 valence electrons. The van der Waals surface area contributed by atoms with Crippen molar-refractivity contribution in [1.82, 2.24) is 4.98 Å². The van der Waals surface area contributed by atoms with E-state index in [0.29, 0.717) is 44.6 Å². The Morgan fingerprint density at radius 2 is 1.50 bits per heavy atom. The summed E-state index contributed by atoms with van der Waals surface area (Å²) < 4.78 is 5.75. The standard InChI is InChI=1S/C27H19N3O4/c28-26(32)16-4-3-5-20(14-16)34-19-11-9-18(10-12-19)29-27(33)17-8-13-24-22(15-17)25(31)21-6-1-2-7-23(21)30-24/h1-15H,(H2,28,32)(H,29,33)(H,30,31). The van der Waals surface area contributed by atoms with Crippen LogP contribution in [0.4, 0.5) is 5.69 Å². The maximum absolute atomic E-state index is 12.9. The Kier molecular flexibility index (Phi) is 5.27. The van der Waals surface area contributed by atoms with Crippen LogP contribution < -0.4 is 21.2 Å². The number of H-pyrrole nitrogens is 1. The molecule has 4 N–H and O–H groups in total. The summed E-state index contributed by atoms with van der Waals surface area (Å²) in [6, 6.07) is 25.6. The lowest BCUT2D eigenvalue weighted by Crippen LogP contribution is -2.13. The molecular weight excluding hydrogens is 430 g/mol. The first-order chi connectivity index (χ1) is 16.5. The molecule has 0 unspecified atom stereocenters. The molecule has 0 atom stereocenters. The zero-order valence-electron chi connectivity index (χ0n) is 17.9. The summed E-state index contributed by atoms with van der Waals surface area (Å²) in [5.41, 5.74) is 7.88. The molecule has 0 aliphatic heterocycles. The fourth-order valence-electron chi connectivity index (χ4n) is 3.72. The van der Waals surface area contributed by atoms with Gasteiger partial charge in [-0.15, -0.1) is 0 Å². The molecule has 1 aromatic heterocycles. The monoisotopic (exact) mass is 449 g/mol. The molecule has 0 radical (unpaired) electrons. The van der Waals surface area contributed by atoms with Gasteiger partial charge in [0.05, 0.1) is 0 Å². The minimum Gasteiger partial charge on any atom is -0.457 e. The third-order valence-corrected chi connectivity index (χ3v) is 5.43. The van der Waals surface area contributed by atoms with E-state index in [2.05, 4.69) is 10.3 Å². The third-order valence-electron chi connectivity index (χ3n) is 5.43. The Labute approximate surface area is 193 Å². The Morgan fingerprint density at radius 1 is 0.735 bits per heavy atom. The van der Waals surface area contributed by atoms with Crippen molar-refractivity contribution >= 4 is 39.3 Å². The fraction of sp³-hybridized carbons (Fsp3) is 0. The number of nitrogens with two attached hydrogens (primary N) is 1. The summed E-state index contributed by atoms with van der Waals surface area (Å²) in [6.45, 7) is 0. The van der Waals surface area contributed by atoms with Crippen LogP contribution in [0.3, 0.4) is 0 Å². The van der Waals surface area contributed by atoms with Crippen LogP contribution in [0, 0.1) is 0 Å². The number of ether oxygens (including phenoxy) is 1. The van der Waals surface area contributed by atoms with Crippen LogP contribution in [0.1, 0.15) is 20.7 Å². The summed E-state index contributed by atoms with van der Waals surface area (Å²) in [5, 5.41) is 3.85. The maximum atomic E-state index is 12.9. The van der Waals surface area contributed by atoms with E-state index in [1.807, 2.05) is 18.2 Å². The lowest BCUT2D eigenvalue weighted by atomic mass is 10.1. The second-order valence-electron chi connectivity index (χ2n) is 7.73. The molecule has 1 heterocycles. The number of carbonyl (C=O) groups excluding carboxylic acids is 2. The van der Waals surface area contributed by atoms with Crippen molar-refractivity contribution in [2.75, 3.05) is 5.32 Å². The number of aromatic amines is 1. The Morgan fingerprint density at radius 3 is 2.29 bits per heavy atom. The number of pyridine rings is 1. The van der Waals surface area contributed by atoms with Crippen molar-refractivity contribution in [1.29, 1.82) is 0 Å². The number of amides is 2. The number of hydrogen-bond acceptors (Lipinski definition) is 4. The minimum atomic E-state index is -0.535. The summed E-state index contributed by atoms with van der Waals surface area (Å²) in [5.74, 6) is 0.135. The smallest absolute Gasteiger partial charge is 0.255 e. The molecule has 0 fully saturated rings. The molecule has 0 aliphatic carbocycles. The zero-order chi connectivity index (χ0) is 23.7. The number of carbonyl (C=O) groups is 2. The number of aromatic nitrogens is 1. The molecule has 0 saturated heterocycles. The SMILES string of the molecule is NC(=O)c1cccc(Oc2ccc(NC(=O)c3ccc4[nH]c5ccccc5c(=O)c4c3)cc2)c1. The van der Waals surface area contributed by atoms with Crippen LogP contribution in [-0.2, 0) is 0 Å². The van der Waals surface area contributed by atoms with Crippen molar-refractivity contribution in [3.8, 4) is 11.5 Å². The molecule has 4 aromatic carbocycles. The quantitative estimate of drug-likeness (QED) is 0.334. The highest BCUT2D eigenvalue weighted by molar-refractivity contribution is 6.07. The predicted octanol–water partition coefficient (Wildman–Crippen LogP) is 4.82. The van der Waals surface area contributed by atoms with Gasteiger partial charge in [0.25, 0.3) is 5.91 Å². The van der Waals surface area contributed by atoms with Gasteiger partial charge < -0.3 is 20.8 Å². The number of rotatable bonds is 5. The van der Waals surface area contributed by atoms with Crippen molar-refractivity contribution in [2.45, 2.75) is 0 Å². The predicted molar refractivity (Wildman–Crippen MR) is 132 cm³/mol. The van der Waals surface area contributed by atoms with E-state index < -0.39 is 5.91 Å². The Bertz CT molecular complexity index is 1620. The lowest BCUT2D eigenvalue weighted by Gasteiger charge is -2.09. The zero-order valence-corrected chi connectivity index (χ0v) is 17.9. The molecular formula is C27H19N3O4. The van der Waals surface area contributed by atoms with Gasteiger partial charge in [-0.2, -0.15) is 0 Å². The number of anilines is 1. The molecule has 5 rings (SSSR count). The average molecular weight is 449 g/mol. The molecule has 2 amide bonds. The number of hydrogen-bond donors (Lipinski definition) is 3. The molecule has 0 spiro atoms. The first-order valence-electron chi connectivity index (χ1n) is 10.5. The van der Waals surface area contributed by atoms with Gasteiger partial charge in [0.15, 0.2) is 5.43 Å². The van der Waals surface area contributed by atoms with Gasteiger partial charge >= 0.3 is 0 Å². The molecule has 0 bridgehead atoms. The topological polar surface area (TPSA) is 114 Å².